The van der Waals surface area contributed by atoms with Crippen LogP contribution in [0.5, 0.6) is 0 Å². The fraction of sp³-hybridized carbons (Fsp3) is 0.600. The number of aliphatic hydroxyl groups excluding tert-OH is 1. The molecule has 2 nitrogen and oxygen atoms in total. The zero-order valence-electron chi connectivity index (χ0n) is 8.33. The molecule has 0 aliphatic heterocycles. The van der Waals surface area contributed by atoms with Gasteiger partial charge in [0.25, 0.3) is 0 Å². The van der Waals surface area contributed by atoms with E-state index in [0.29, 0.717) is 0 Å². The van der Waals surface area contributed by atoms with Crippen molar-refractivity contribution in [3.63, 3.8) is 0 Å². The highest BCUT2D eigenvalue weighted by Crippen LogP contribution is 2.07. The maximum atomic E-state index is 9.73. The molecule has 2 atom stereocenters. The molecule has 2 heteroatoms. The van der Waals surface area contributed by atoms with Crippen molar-refractivity contribution < 1.29 is 5.11 Å². The highest BCUT2D eigenvalue weighted by molar-refractivity contribution is 5.23. The van der Waals surface area contributed by atoms with Crippen molar-refractivity contribution in [2.75, 3.05) is 7.05 Å². The molecule has 0 aromatic rings. The van der Waals surface area contributed by atoms with E-state index in [-0.39, 0.29) is 6.04 Å². The maximum absolute atomic E-state index is 9.73. The van der Waals surface area contributed by atoms with E-state index in [1.54, 1.807) is 0 Å². The van der Waals surface area contributed by atoms with Gasteiger partial charge in [0.1, 0.15) is 0 Å². The SMILES string of the molecule is C/C=C\C(=C/C)[C@@H](O)[C@H](C)NC. The molecule has 0 aliphatic rings. The summed E-state index contributed by atoms with van der Waals surface area (Å²) in [6, 6.07) is 0.0902. The highest BCUT2D eigenvalue weighted by Gasteiger charge is 2.13. The number of hydrogen-bond donors (Lipinski definition) is 2. The predicted molar refractivity (Wildman–Crippen MR) is 53.1 cm³/mol. The van der Waals surface area contributed by atoms with Crippen molar-refractivity contribution in [3.05, 3.63) is 23.8 Å². The van der Waals surface area contributed by atoms with E-state index in [9.17, 15) is 5.11 Å². The summed E-state index contributed by atoms with van der Waals surface area (Å²) >= 11 is 0. The summed E-state index contributed by atoms with van der Waals surface area (Å²) in [5.41, 5.74) is 0.958. The molecule has 0 spiro atoms. The van der Waals surface area contributed by atoms with Crippen molar-refractivity contribution >= 4 is 0 Å². The Balaban J connectivity index is 4.32. The van der Waals surface area contributed by atoms with Gasteiger partial charge in [-0.15, -0.1) is 0 Å². The fourth-order valence-corrected chi connectivity index (χ4v) is 1.00. The average Bonchev–Trinajstić information content (AvgIpc) is 2.11. The van der Waals surface area contributed by atoms with Crippen molar-refractivity contribution in [1.82, 2.24) is 5.32 Å². The van der Waals surface area contributed by atoms with Crippen LogP contribution in [0.1, 0.15) is 20.8 Å². The standard InChI is InChI=1S/C10H19NO/c1-5-7-9(6-2)10(12)8(3)11-4/h5-8,10-12H,1-4H3/b7-5-,9-6+/t8-,10-/m0/s1. The number of aliphatic hydroxyl groups is 1. The molecule has 0 rings (SSSR count). The van der Waals surface area contributed by atoms with E-state index in [4.69, 9.17) is 0 Å². The number of rotatable bonds is 4. The van der Waals surface area contributed by atoms with Gasteiger partial charge >= 0.3 is 0 Å². The molecule has 0 heterocycles. The van der Waals surface area contributed by atoms with Crippen LogP contribution in [0.25, 0.3) is 0 Å². The second-order valence-corrected chi connectivity index (χ2v) is 2.81. The zero-order valence-corrected chi connectivity index (χ0v) is 8.33. The van der Waals surface area contributed by atoms with Crippen LogP contribution in [-0.2, 0) is 0 Å². The van der Waals surface area contributed by atoms with E-state index in [1.807, 2.05) is 46.0 Å². The lowest BCUT2D eigenvalue weighted by Crippen LogP contribution is -2.35. The monoisotopic (exact) mass is 169 g/mol. The lowest BCUT2D eigenvalue weighted by Gasteiger charge is -2.18. The second kappa shape index (κ2) is 5.98. The Hall–Kier alpha value is -0.600. The van der Waals surface area contributed by atoms with E-state index in [1.165, 1.54) is 0 Å². The first kappa shape index (κ1) is 11.4. The third kappa shape index (κ3) is 3.20. The van der Waals surface area contributed by atoms with Gasteiger partial charge in [0.05, 0.1) is 6.10 Å². The van der Waals surface area contributed by atoms with Crippen molar-refractivity contribution in [3.8, 4) is 0 Å². The molecule has 0 saturated carbocycles. The zero-order chi connectivity index (χ0) is 9.56. The Morgan fingerprint density at radius 1 is 1.42 bits per heavy atom. The molecule has 0 aromatic heterocycles. The lowest BCUT2D eigenvalue weighted by atomic mass is 10.0. The van der Waals surface area contributed by atoms with E-state index >= 15 is 0 Å². The molecule has 0 bridgehead atoms. The first-order valence-electron chi connectivity index (χ1n) is 4.31. The first-order chi connectivity index (χ1) is 5.67. The number of allylic oxidation sites excluding steroid dienone is 2. The van der Waals surface area contributed by atoms with Gasteiger partial charge < -0.3 is 10.4 Å². The number of likely N-dealkylation sites (N-methyl/N-ethyl adjacent to an activating group) is 1. The smallest absolute Gasteiger partial charge is 0.0936 e. The van der Waals surface area contributed by atoms with Gasteiger partial charge in [-0.2, -0.15) is 0 Å². The molecule has 2 N–H and O–H groups in total. The summed E-state index contributed by atoms with van der Waals surface area (Å²) in [5.74, 6) is 0. The summed E-state index contributed by atoms with van der Waals surface area (Å²) in [5, 5.41) is 12.7. The molecular weight excluding hydrogens is 150 g/mol. The molecule has 0 fully saturated rings. The largest absolute Gasteiger partial charge is 0.387 e. The van der Waals surface area contributed by atoms with Gasteiger partial charge in [-0.05, 0) is 33.4 Å². The lowest BCUT2D eigenvalue weighted by molar-refractivity contribution is 0.176. The normalized spacial score (nSPS) is 18.2. The van der Waals surface area contributed by atoms with Crippen LogP contribution < -0.4 is 5.32 Å². The number of nitrogens with one attached hydrogen (secondary N) is 1. The summed E-state index contributed by atoms with van der Waals surface area (Å²) in [7, 11) is 1.84. The number of hydrogen-bond acceptors (Lipinski definition) is 2. The molecule has 0 unspecified atom stereocenters. The van der Waals surface area contributed by atoms with Gasteiger partial charge in [0, 0.05) is 6.04 Å². The van der Waals surface area contributed by atoms with Gasteiger partial charge in [0.15, 0.2) is 0 Å². The van der Waals surface area contributed by atoms with Crippen LogP contribution in [0.15, 0.2) is 23.8 Å². The third-order valence-electron chi connectivity index (χ3n) is 1.96. The van der Waals surface area contributed by atoms with Gasteiger partial charge in [-0.25, -0.2) is 0 Å². The van der Waals surface area contributed by atoms with Crippen molar-refractivity contribution in [2.45, 2.75) is 32.9 Å². The average molecular weight is 169 g/mol. The molecule has 0 amide bonds. The van der Waals surface area contributed by atoms with Crippen LogP contribution in [-0.4, -0.2) is 24.3 Å². The molecule has 0 aromatic carbocycles. The third-order valence-corrected chi connectivity index (χ3v) is 1.96. The molecular formula is C10H19NO. The van der Waals surface area contributed by atoms with Crippen LogP contribution in [0.3, 0.4) is 0 Å². The summed E-state index contributed by atoms with van der Waals surface area (Å²) in [6.07, 6.45) is 5.37. The van der Waals surface area contributed by atoms with Crippen molar-refractivity contribution in [2.24, 2.45) is 0 Å². The first-order valence-corrected chi connectivity index (χ1v) is 4.31. The van der Waals surface area contributed by atoms with E-state index in [0.717, 1.165) is 5.57 Å². The van der Waals surface area contributed by atoms with Crippen molar-refractivity contribution in [1.29, 1.82) is 0 Å². The summed E-state index contributed by atoms with van der Waals surface area (Å²) in [4.78, 5) is 0. The highest BCUT2D eigenvalue weighted by atomic mass is 16.3. The van der Waals surface area contributed by atoms with Crippen LogP contribution in [0.2, 0.25) is 0 Å². The molecule has 0 radical (unpaired) electrons. The van der Waals surface area contributed by atoms with Crippen LogP contribution in [0.4, 0.5) is 0 Å². The second-order valence-electron chi connectivity index (χ2n) is 2.81. The summed E-state index contributed by atoms with van der Waals surface area (Å²) < 4.78 is 0. The summed E-state index contributed by atoms with van der Waals surface area (Å²) in [6.45, 7) is 5.83. The molecule has 12 heavy (non-hydrogen) atoms. The van der Waals surface area contributed by atoms with Gasteiger partial charge in [-0.3, -0.25) is 0 Å². The van der Waals surface area contributed by atoms with E-state index < -0.39 is 6.10 Å². The minimum absolute atomic E-state index is 0.0902. The van der Waals surface area contributed by atoms with Gasteiger partial charge in [0.2, 0.25) is 0 Å². The minimum Gasteiger partial charge on any atom is -0.387 e. The predicted octanol–water partition coefficient (Wildman–Crippen LogP) is 1.48. The Labute approximate surface area is 75.0 Å². The Morgan fingerprint density at radius 2 is 2.00 bits per heavy atom. The molecule has 70 valence electrons. The van der Waals surface area contributed by atoms with Gasteiger partial charge in [-0.1, -0.05) is 18.2 Å². The maximum Gasteiger partial charge on any atom is 0.0936 e. The fourth-order valence-electron chi connectivity index (χ4n) is 1.00. The minimum atomic E-state index is -0.420. The van der Waals surface area contributed by atoms with E-state index in [2.05, 4.69) is 5.32 Å². The Morgan fingerprint density at radius 3 is 2.33 bits per heavy atom. The molecule has 0 saturated heterocycles. The quantitative estimate of drug-likeness (QED) is 0.625. The Bertz CT molecular complexity index is 173. The van der Waals surface area contributed by atoms with Crippen LogP contribution in [0, 0.1) is 0 Å². The Kier molecular flexibility index (Phi) is 5.68. The topological polar surface area (TPSA) is 32.3 Å². The van der Waals surface area contributed by atoms with Crippen LogP contribution >= 0.6 is 0 Å². The molecule has 0 aliphatic carbocycles.